The number of piperidine rings is 1. The van der Waals surface area contributed by atoms with E-state index in [0.29, 0.717) is 36.5 Å². The third-order valence-electron chi connectivity index (χ3n) is 5.45. The maximum Gasteiger partial charge on any atom is 0.273 e. The van der Waals surface area contributed by atoms with Crippen LogP contribution in [0.5, 0.6) is 0 Å². The first-order valence-electron chi connectivity index (χ1n) is 10.6. The van der Waals surface area contributed by atoms with Crippen LogP contribution in [0.2, 0.25) is 5.02 Å². The third kappa shape index (κ3) is 5.37. The Kier molecular flexibility index (Phi) is 7.12. The SMILES string of the molecule is O=C(Nc1nccnc1C(=O)NC1CCN(C(=O)c2ccccc2Cl)CC1)c1cccc(F)c1. The number of amides is 3. The van der Waals surface area contributed by atoms with E-state index in [-0.39, 0.29) is 29.0 Å². The minimum Gasteiger partial charge on any atom is -0.348 e. The molecular formula is C24H21ClFN5O3. The van der Waals surface area contributed by atoms with Crippen molar-refractivity contribution in [3.63, 3.8) is 0 Å². The summed E-state index contributed by atoms with van der Waals surface area (Å²) in [5, 5.41) is 5.81. The molecule has 34 heavy (non-hydrogen) atoms. The molecule has 0 atom stereocenters. The topological polar surface area (TPSA) is 104 Å². The second kappa shape index (κ2) is 10.4. The van der Waals surface area contributed by atoms with Crippen molar-refractivity contribution in [1.82, 2.24) is 20.2 Å². The van der Waals surface area contributed by atoms with Crippen LogP contribution in [0.1, 0.15) is 44.0 Å². The molecule has 0 saturated carbocycles. The van der Waals surface area contributed by atoms with E-state index < -0.39 is 17.6 Å². The van der Waals surface area contributed by atoms with Gasteiger partial charge in [0.2, 0.25) is 0 Å². The van der Waals surface area contributed by atoms with Crippen molar-refractivity contribution in [2.75, 3.05) is 18.4 Å². The first kappa shape index (κ1) is 23.3. The maximum atomic E-state index is 13.4. The van der Waals surface area contributed by atoms with E-state index in [9.17, 15) is 18.8 Å². The van der Waals surface area contributed by atoms with Gasteiger partial charge < -0.3 is 15.5 Å². The zero-order valence-corrected chi connectivity index (χ0v) is 18.8. The lowest BCUT2D eigenvalue weighted by atomic mass is 10.0. The van der Waals surface area contributed by atoms with Crippen LogP contribution in [0.25, 0.3) is 0 Å². The lowest BCUT2D eigenvalue weighted by Crippen LogP contribution is -2.46. The Morgan fingerprint density at radius 2 is 1.71 bits per heavy atom. The predicted octanol–water partition coefficient (Wildman–Crippen LogP) is 3.56. The van der Waals surface area contributed by atoms with Gasteiger partial charge in [0.05, 0.1) is 10.6 Å². The highest BCUT2D eigenvalue weighted by atomic mass is 35.5. The zero-order valence-electron chi connectivity index (χ0n) is 18.0. The third-order valence-corrected chi connectivity index (χ3v) is 5.78. The van der Waals surface area contributed by atoms with Crippen LogP contribution in [0.4, 0.5) is 10.2 Å². The zero-order chi connectivity index (χ0) is 24.1. The van der Waals surface area contributed by atoms with Crippen LogP contribution < -0.4 is 10.6 Å². The highest BCUT2D eigenvalue weighted by Gasteiger charge is 2.27. The normalized spacial score (nSPS) is 13.9. The lowest BCUT2D eigenvalue weighted by molar-refractivity contribution is 0.0698. The fourth-order valence-electron chi connectivity index (χ4n) is 3.69. The largest absolute Gasteiger partial charge is 0.348 e. The first-order chi connectivity index (χ1) is 16.4. The number of likely N-dealkylation sites (tertiary alicyclic amines) is 1. The molecule has 3 aromatic rings. The molecule has 1 saturated heterocycles. The molecule has 3 amide bonds. The Morgan fingerprint density at radius 3 is 2.44 bits per heavy atom. The maximum absolute atomic E-state index is 13.4. The van der Waals surface area contributed by atoms with E-state index in [1.165, 1.54) is 30.6 Å². The Labute approximate surface area is 200 Å². The van der Waals surface area contributed by atoms with E-state index in [2.05, 4.69) is 20.6 Å². The molecule has 2 aromatic carbocycles. The van der Waals surface area contributed by atoms with Crippen molar-refractivity contribution in [3.05, 3.63) is 88.6 Å². The van der Waals surface area contributed by atoms with Gasteiger partial charge in [-0.3, -0.25) is 14.4 Å². The number of hydrogen-bond donors (Lipinski definition) is 2. The molecule has 174 valence electrons. The summed E-state index contributed by atoms with van der Waals surface area (Å²) >= 11 is 6.14. The minimum absolute atomic E-state index is 0.0272. The molecule has 1 aliphatic heterocycles. The molecular weight excluding hydrogens is 461 g/mol. The van der Waals surface area contributed by atoms with Crippen molar-refractivity contribution in [3.8, 4) is 0 Å². The van der Waals surface area contributed by atoms with Gasteiger partial charge in [-0.25, -0.2) is 14.4 Å². The Bertz CT molecular complexity index is 1230. The lowest BCUT2D eigenvalue weighted by Gasteiger charge is -2.32. The second-order valence-electron chi connectivity index (χ2n) is 7.74. The number of benzene rings is 2. The molecule has 1 aromatic heterocycles. The molecule has 0 spiro atoms. The summed E-state index contributed by atoms with van der Waals surface area (Å²) in [6.07, 6.45) is 3.79. The van der Waals surface area contributed by atoms with E-state index in [4.69, 9.17) is 11.6 Å². The average molecular weight is 482 g/mol. The summed E-state index contributed by atoms with van der Waals surface area (Å²) < 4.78 is 13.4. The van der Waals surface area contributed by atoms with Gasteiger partial charge >= 0.3 is 0 Å². The fourth-order valence-corrected chi connectivity index (χ4v) is 3.91. The molecule has 1 aliphatic rings. The predicted molar refractivity (Wildman–Crippen MR) is 124 cm³/mol. The van der Waals surface area contributed by atoms with Crippen LogP contribution in [0.15, 0.2) is 60.9 Å². The Hall–Kier alpha value is -3.85. The van der Waals surface area contributed by atoms with E-state index >= 15 is 0 Å². The Morgan fingerprint density at radius 1 is 0.971 bits per heavy atom. The molecule has 0 bridgehead atoms. The number of nitrogens with one attached hydrogen (secondary N) is 2. The quantitative estimate of drug-likeness (QED) is 0.580. The summed E-state index contributed by atoms with van der Waals surface area (Å²) in [7, 11) is 0. The Balaban J connectivity index is 1.37. The van der Waals surface area contributed by atoms with Crippen LogP contribution in [0, 0.1) is 5.82 Å². The molecule has 2 heterocycles. The summed E-state index contributed by atoms with van der Waals surface area (Å²) in [6.45, 7) is 0.914. The van der Waals surface area contributed by atoms with Crippen molar-refractivity contribution >= 4 is 35.1 Å². The van der Waals surface area contributed by atoms with Gasteiger partial charge in [-0.2, -0.15) is 0 Å². The number of nitrogens with zero attached hydrogens (tertiary/aromatic N) is 3. The molecule has 8 nitrogen and oxygen atoms in total. The van der Waals surface area contributed by atoms with Crippen molar-refractivity contribution in [2.24, 2.45) is 0 Å². The van der Waals surface area contributed by atoms with Gasteiger partial charge in [-0.05, 0) is 43.2 Å². The number of rotatable bonds is 5. The van der Waals surface area contributed by atoms with Crippen molar-refractivity contribution < 1.29 is 18.8 Å². The van der Waals surface area contributed by atoms with Gasteiger partial charge in [0.15, 0.2) is 11.5 Å². The van der Waals surface area contributed by atoms with Crippen molar-refractivity contribution in [1.29, 1.82) is 0 Å². The van der Waals surface area contributed by atoms with Crippen LogP contribution >= 0.6 is 11.6 Å². The summed E-state index contributed by atoms with van der Waals surface area (Å²) in [6, 6.07) is 11.9. The smallest absolute Gasteiger partial charge is 0.273 e. The highest BCUT2D eigenvalue weighted by Crippen LogP contribution is 2.20. The van der Waals surface area contributed by atoms with Gasteiger partial charge in [0.25, 0.3) is 17.7 Å². The van der Waals surface area contributed by atoms with Crippen LogP contribution in [0.3, 0.4) is 0 Å². The molecule has 4 rings (SSSR count). The first-order valence-corrected chi connectivity index (χ1v) is 11.0. The highest BCUT2D eigenvalue weighted by molar-refractivity contribution is 6.33. The number of hydrogen-bond acceptors (Lipinski definition) is 5. The number of carbonyl (C=O) groups excluding carboxylic acids is 3. The second-order valence-corrected chi connectivity index (χ2v) is 8.15. The molecule has 1 fully saturated rings. The van der Waals surface area contributed by atoms with Crippen LogP contribution in [-0.2, 0) is 0 Å². The standard InChI is InChI=1S/C24H21ClFN5O3/c25-19-7-2-1-6-18(19)24(34)31-12-8-17(9-13-31)29-23(33)20-21(28-11-10-27-20)30-22(32)15-4-3-5-16(26)14-15/h1-7,10-11,14,17H,8-9,12-13H2,(H,29,33)(H,28,30,32). The fraction of sp³-hybridized carbons (Fsp3) is 0.208. The number of anilines is 1. The van der Waals surface area contributed by atoms with Gasteiger partial charge in [-0.1, -0.05) is 29.8 Å². The van der Waals surface area contributed by atoms with Crippen molar-refractivity contribution in [2.45, 2.75) is 18.9 Å². The molecule has 0 radical (unpaired) electrons. The molecule has 0 unspecified atom stereocenters. The minimum atomic E-state index is -0.611. The summed E-state index contributed by atoms with van der Waals surface area (Å²) in [4.78, 5) is 47.8. The van der Waals surface area contributed by atoms with E-state index in [1.807, 2.05) is 0 Å². The van der Waals surface area contributed by atoms with Crippen LogP contribution in [-0.4, -0.2) is 51.7 Å². The van der Waals surface area contributed by atoms with E-state index in [0.717, 1.165) is 6.07 Å². The monoisotopic (exact) mass is 481 g/mol. The number of aromatic nitrogens is 2. The average Bonchev–Trinajstić information content (AvgIpc) is 2.84. The summed E-state index contributed by atoms with van der Waals surface area (Å²) in [5.41, 5.74) is 0.485. The van der Waals surface area contributed by atoms with Gasteiger partial charge in [-0.15, -0.1) is 0 Å². The summed E-state index contributed by atoms with van der Waals surface area (Å²) in [5.74, 6) is -1.84. The molecule has 0 aliphatic carbocycles. The molecule has 10 heteroatoms. The van der Waals surface area contributed by atoms with Gasteiger partial charge in [0, 0.05) is 37.1 Å². The van der Waals surface area contributed by atoms with E-state index in [1.54, 1.807) is 29.2 Å². The number of carbonyl (C=O) groups is 3. The number of halogens is 2. The van der Waals surface area contributed by atoms with Gasteiger partial charge in [0.1, 0.15) is 5.82 Å². The molecule has 2 N–H and O–H groups in total.